The van der Waals surface area contributed by atoms with E-state index < -0.39 is 11.9 Å². The number of hydrogen-bond donors (Lipinski definition) is 1. The summed E-state index contributed by atoms with van der Waals surface area (Å²) in [6.45, 7) is 1.77. The van der Waals surface area contributed by atoms with Gasteiger partial charge in [0.25, 0.3) is 0 Å². The fourth-order valence-electron chi connectivity index (χ4n) is 0.980. The van der Waals surface area contributed by atoms with Crippen LogP contribution in [0, 0.1) is 0 Å². The van der Waals surface area contributed by atoms with Crippen LogP contribution in [-0.4, -0.2) is 19.0 Å². The first-order chi connectivity index (χ1) is 7.04. The number of nitrogens with one attached hydrogen (secondary N) is 1. The Morgan fingerprint density at radius 1 is 1.53 bits per heavy atom. The quantitative estimate of drug-likeness (QED) is 0.640. The zero-order valence-corrected chi connectivity index (χ0v) is 9.82. The van der Waals surface area contributed by atoms with Gasteiger partial charge >= 0.3 is 11.9 Å². The average molecular weight is 248 g/mol. The summed E-state index contributed by atoms with van der Waals surface area (Å²) >= 11 is 7.10. The van der Waals surface area contributed by atoms with Gasteiger partial charge in [0.2, 0.25) is 0 Å². The molecule has 1 aromatic heterocycles. The molecule has 0 spiro atoms. The molecule has 0 saturated heterocycles. The molecule has 1 N–H and O–H groups in total. The SMILES string of the molecule is COC(=O)C(=O)NC(C)c1ccc(Cl)s1. The highest BCUT2D eigenvalue weighted by Gasteiger charge is 2.17. The Kier molecular flexibility index (Phi) is 4.11. The number of carbonyl (C=O) groups is 2. The normalized spacial score (nSPS) is 11.9. The first kappa shape index (κ1) is 12.0. The third-order valence-electron chi connectivity index (χ3n) is 1.74. The zero-order chi connectivity index (χ0) is 11.4. The molecule has 0 radical (unpaired) electrons. The van der Waals surface area contributed by atoms with Gasteiger partial charge in [-0.1, -0.05) is 11.6 Å². The van der Waals surface area contributed by atoms with E-state index in [0.29, 0.717) is 4.34 Å². The minimum absolute atomic E-state index is 0.255. The predicted molar refractivity (Wildman–Crippen MR) is 57.9 cm³/mol. The highest BCUT2D eigenvalue weighted by atomic mass is 35.5. The lowest BCUT2D eigenvalue weighted by Gasteiger charge is -2.10. The fourth-order valence-corrected chi connectivity index (χ4v) is 2.04. The van der Waals surface area contributed by atoms with E-state index in [1.165, 1.54) is 11.3 Å². The molecule has 82 valence electrons. The van der Waals surface area contributed by atoms with Crippen molar-refractivity contribution in [2.45, 2.75) is 13.0 Å². The Labute approximate surface area is 96.2 Å². The van der Waals surface area contributed by atoms with Crippen LogP contribution in [-0.2, 0) is 14.3 Å². The number of methoxy groups -OCH3 is 1. The molecule has 15 heavy (non-hydrogen) atoms. The van der Waals surface area contributed by atoms with Crippen LogP contribution in [0.3, 0.4) is 0 Å². The average Bonchev–Trinajstić information content (AvgIpc) is 2.63. The van der Waals surface area contributed by atoms with Crippen molar-refractivity contribution in [1.29, 1.82) is 0 Å². The number of halogens is 1. The Bertz CT molecular complexity index is 377. The maximum atomic E-state index is 11.2. The van der Waals surface area contributed by atoms with E-state index in [1.54, 1.807) is 19.1 Å². The van der Waals surface area contributed by atoms with Crippen molar-refractivity contribution in [3.8, 4) is 0 Å². The van der Waals surface area contributed by atoms with E-state index >= 15 is 0 Å². The summed E-state index contributed by atoms with van der Waals surface area (Å²) in [6, 6.07) is 3.28. The first-order valence-corrected chi connectivity index (χ1v) is 5.38. The van der Waals surface area contributed by atoms with Crippen LogP contribution in [0.1, 0.15) is 17.8 Å². The molecule has 0 saturated carbocycles. The van der Waals surface area contributed by atoms with Crippen molar-refractivity contribution >= 4 is 34.8 Å². The molecular weight excluding hydrogens is 238 g/mol. The van der Waals surface area contributed by atoms with E-state index in [-0.39, 0.29) is 6.04 Å². The summed E-state index contributed by atoms with van der Waals surface area (Å²) < 4.78 is 4.92. The molecule has 6 heteroatoms. The molecule has 0 aliphatic carbocycles. The van der Waals surface area contributed by atoms with Crippen molar-refractivity contribution in [2.24, 2.45) is 0 Å². The number of carbonyl (C=O) groups excluding carboxylic acids is 2. The van der Waals surface area contributed by atoms with Crippen molar-refractivity contribution in [1.82, 2.24) is 5.32 Å². The van der Waals surface area contributed by atoms with E-state index in [4.69, 9.17) is 11.6 Å². The third kappa shape index (κ3) is 3.21. The highest BCUT2D eigenvalue weighted by molar-refractivity contribution is 7.16. The summed E-state index contributed by atoms with van der Waals surface area (Å²) in [4.78, 5) is 22.9. The highest BCUT2D eigenvalue weighted by Crippen LogP contribution is 2.26. The van der Waals surface area contributed by atoms with Gasteiger partial charge in [-0.2, -0.15) is 0 Å². The number of esters is 1. The molecule has 0 bridgehead atoms. The van der Waals surface area contributed by atoms with E-state index in [9.17, 15) is 9.59 Å². The minimum atomic E-state index is -0.899. The number of thiophene rings is 1. The third-order valence-corrected chi connectivity index (χ3v) is 3.15. The Hall–Kier alpha value is -1.07. The summed E-state index contributed by atoms with van der Waals surface area (Å²) in [6.07, 6.45) is 0. The lowest BCUT2D eigenvalue weighted by molar-refractivity contribution is -0.153. The van der Waals surface area contributed by atoms with Gasteiger partial charge in [-0.3, -0.25) is 4.79 Å². The largest absolute Gasteiger partial charge is 0.462 e. The van der Waals surface area contributed by atoms with Crippen molar-refractivity contribution in [2.75, 3.05) is 7.11 Å². The molecule has 1 rings (SSSR count). The molecule has 0 fully saturated rings. The maximum Gasteiger partial charge on any atom is 0.396 e. The molecule has 4 nitrogen and oxygen atoms in total. The summed E-state index contributed by atoms with van der Waals surface area (Å²) in [5.74, 6) is -1.65. The van der Waals surface area contributed by atoms with Crippen LogP contribution >= 0.6 is 22.9 Å². The molecule has 1 unspecified atom stereocenters. The van der Waals surface area contributed by atoms with Gasteiger partial charge in [0.05, 0.1) is 17.5 Å². The van der Waals surface area contributed by atoms with Crippen LogP contribution in [0.5, 0.6) is 0 Å². The minimum Gasteiger partial charge on any atom is -0.462 e. The second-order valence-electron chi connectivity index (χ2n) is 2.83. The summed E-state index contributed by atoms with van der Waals surface area (Å²) in [7, 11) is 1.16. The maximum absolute atomic E-state index is 11.2. The summed E-state index contributed by atoms with van der Waals surface area (Å²) in [5.41, 5.74) is 0. The Morgan fingerprint density at radius 2 is 2.20 bits per heavy atom. The van der Waals surface area contributed by atoms with Crippen LogP contribution in [0.2, 0.25) is 4.34 Å². The number of ether oxygens (including phenoxy) is 1. The number of hydrogen-bond acceptors (Lipinski definition) is 4. The smallest absolute Gasteiger partial charge is 0.396 e. The van der Waals surface area contributed by atoms with Crippen LogP contribution in [0.25, 0.3) is 0 Å². The molecule has 0 aromatic carbocycles. The standard InChI is InChI=1S/C9H10ClNO3S/c1-5(6-3-4-7(10)15-6)11-8(12)9(13)14-2/h3-5H,1-2H3,(H,11,12). The van der Waals surface area contributed by atoms with E-state index in [0.717, 1.165) is 12.0 Å². The monoisotopic (exact) mass is 247 g/mol. The topological polar surface area (TPSA) is 55.4 Å². The Balaban J connectivity index is 2.60. The van der Waals surface area contributed by atoms with Gasteiger partial charge in [0.1, 0.15) is 0 Å². The zero-order valence-electron chi connectivity index (χ0n) is 8.24. The van der Waals surface area contributed by atoms with Crippen molar-refractivity contribution < 1.29 is 14.3 Å². The number of rotatable bonds is 2. The van der Waals surface area contributed by atoms with Crippen molar-refractivity contribution in [3.63, 3.8) is 0 Å². The number of amides is 1. The molecular formula is C9H10ClNO3S. The van der Waals surface area contributed by atoms with Crippen LogP contribution in [0.15, 0.2) is 12.1 Å². The van der Waals surface area contributed by atoms with Gasteiger partial charge < -0.3 is 10.1 Å². The van der Waals surface area contributed by atoms with Crippen molar-refractivity contribution in [3.05, 3.63) is 21.3 Å². The van der Waals surface area contributed by atoms with Gasteiger partial charge in [0, 0.05) is 4.88 Å². The predicted octanol–water partition coefficient (Wildman–Crippen LogP) is 1.75. The summed E-state index contributed by atoms with van der Waals surface area (Å²) in [5, 5.41) is 2.50. The molecule has 1 aromatic rings. The molecule has 0 aliphatic heterocycles. The fraction of sp³-hybridized carbons (Fsp3) is 0.333. The van der Waals surface area contributed by atoms with Gasteiger partial charge in [0.15, 0.2) is 0 Å². The second kappa shape index (κ2) is 5.14. The first-order valence-electron chi connectivity index (χ1n) is 4.18. The molecule has 1 amide bonds. The van der Waals surface area contributed by atoms with Gasteiger partial charge in [-0.15, -0.1) is 11.3 Å². The van der Waals surface area contributed by atoms with E-state index in [1.807, 2.05) is 0 Å². The Morgan fingerprint density at radius 3 is 2.67 bits per heavy atom. The van der Waals surface area contributed by atoms with Crippen LogP contribution < -0.4 is 5.32 Å². The van der Waals surface area contributed by atoms with Crippen LogP contribution in [0.4, 0.5) is 0 Å². The van der Waals surface area contributed by atoms with Gasteiger partial charge in [-0.25, -0.2) is 4.79 Å². The lowest BCUT2D eigenvalue weighted by atomic mass is 10.3. The van der Waals surface area contributed by atoms with E-state index in [2.05, 4.69) is 10.1 Å². The molecule has 1 atom stereocenters. The van der Waals surface area contributed by atoms with Gasteiger partial charge in [-0.05, 0) is 19.1 Å². The lowest BCUT2D eigenvalue weighted by Crippen LogP contribution is -2.33. The second-order valence-corrected chi connectivity index (χ2v) is 4.58. The molecule has 0 aliphatic rings. The molecule has 1 heterocycles.